The van der Waals surface area contributed by atoms with Gasteiger partial charge in [0.1, 0.15) is 6.17 Å². The minimum absolute atomic E-state index is 0.325. The fourth-order valence-electron chi connectivity index (χ4n) is 2.02. The molecule has 1 N–H and O–H groups in total. The lowest BCUT2D eigenvalue weighted by molar-refractivity contribution is 0.00996. The maximum Gasteiger partial charge on any atom is 0.252 e. The molecule has 21 heavy (non-hydrogen) atoms. The molecule has 1 fully saturated rings. The predicted molar refractivity (Wildman–Crippen MR) is 85.4 cm³/mol. The minimum atomic E-state index is -1.64. The molecule has 0 bridgehead atoms. The monoisotopic (exact) mass is 370 g/mol. The highest BCUT2D eigenvalue weighted by Crippen LogP contribution is 2.32. The first-order valence-electron chi connectivity index (χ1n) is 6.33. The summed E-state index contributed by atoms with van der Waals surface area (Å²) in [6, 6.07) is 6.50. The van der Waals surface area contributed by atoms with Crippen LogP contribution in [0.4, 0.5) is 0 Å². The van der Waals surface area contributed by atoms with Gasteiger partial charge in [0, 0.05) is 23.7 Å². The fourth-order valence-corrected chi connectivity index (χ4v) is 2.73. The van der Waals surface area contributed by atoms with Gasteiger partial charge in [0.15, 0.2) is 0 Å². The molecule has 0 unspecified atom stereocenters. The normalized spacial score (nSPS) is 18.3. The number of rotatable bonds is 3. The largest absolute Gasteiger partial charge is 0.379 e. The summed E-state index contributed by atoms with van der Waals surface area (Å²) in [7, 11) is 0. The molecule has 1 amide bonds. The molecule has 0 radical (unpaired) electrons. The second kappa shape index (κ2) is 7.36. The zero-order valence-corrected chi connectivity index (χ0v) is 14.0. The Morgan fingerprint density at radius 2 is 1.76 bits per heavy atom. The van der Waals surface area contributed by atoms with E-state index in [1.807, 2.05) is 4.90 Å². The van der Waals surface area contributed by atoms with Crippen molar-refractivity contribution in [1.82, 2.24) is 10.2 Å². The molecule has 0 spiro atoms. The average Bonchev–Trinajstić information content (AvgIpc) is 2.45. The molecule has 1 aliphatic heterocycles. The van der Waals surface area contributed by atoms with E-state index in [1.54, 1.807) is 24.3 Å². The highest BCUT2D eigenvalue weighted by Gasteiger charge is 2.39. The zero-order chi connectivity index (χ0) is 15.5. The number of alkyl halides is 3. The number of carbonyl (C=O) groups excluding carboxylic acids is 1. The van der Waals surface area contributed by atoms with Gasteiger partial charge in [-0.25, -0.2) is 0 Å². The van der Waals surface area contributed by atoms with Crippen LogP contribution in [0.15, 0.2) is 24.3 Å². The third kappa shape index (κ3) is 4.88. The summed E-state index contributed by atoms with van der Waals surface area (Å²) in [6.45, 7) is 2.24. The number of nitrogens with one attached hydrogen (secondary N) is 1. The molecule has 1 saturated heterocycles. The summed E-state index contributed by atoms with van der Waals surface area (Å²) < 4.78 is 3.63. The lowest BCUT2D eigenvalue weighted by atomic mass is 10.2. The Bertz CT molecular complexity index is 484. The van der Waals surface area contributed by atoms with Gasteiger partial charge in [-0.1, -0.05) is 46.4 Å². The summed E-state index contributed by atoms with van der Waals surface area (Å²) in [5.41, 5.74) is 0.451. The SMILES string of the molecule is O=C(N[C@H](N1CCOCC1)C(Cl)(Cl)Cl)c1ccc(Cl)cc1. The van der Waals surface area contributed by atoms with Crippen molar-refractivity contribution >= 4 is 52.3 Å². The Morgan fingerprint density at radius 1 is 1.19 bits per heavy atom. The van der Waals surface area contributed by atoms with Crippen LogP contribution in [-0.2, 0) is 4.74 Å². The summed E-state index contributed by atoms with van der Waals surface area (Å²) in [5, 5.41) is 3.31. The quantitative estimate of drug-likeness (QED) is 0.830. The van der Waals surface area contributed by atoms with Gasteiger partial charge < -0.3 is 10.1 Å². The molecule has 1 aliphatic rings. The Hall–Kier alpha value is -0.230. The molecule has 0 aromatic heterocycles. The van der Waals surface area contributed by atoms with Crippen LogP contribution in [0.1, 0.15) is 10.4 Å². The van der Waals surface area contributed by atoms with Crippen LogP contribution in [0.25, 0.3) is 0 Å². The Kier molecular flexibility index (Phi) is 6.00. The number of ether oxygens (including phenoxy) is 1. The Balaban J connectivity index is 2.10. The summed E-state index contributed by atoms with van der Waals surface area (Å²) in [5.74, 6) is -0.325. The van der Waals surface area contributed by atoms with Crippen molar-refractivity contribution in [3.05, 3.63) is 34.9 Å². The summed E-state index contributed by atoms with van der Waals surface area (Å²) >= 11 is 23.8. The summed E-state index contributed by atoms with van der Waals surface area (Å²) in [6.07, 6.45) is -0.727. The first-order chi connectivity index (χ1) is 9.88. The third-order valence-corrected chi connectivity index (χ3v) is 3.97. The zero-order valence-electron chi connectivity index (χ0n) is 11.0. The van der Waals surface area contributed by atoms with Gasteiger partial charge >= 0.3 is 0 Å². The van der Waals surface area contributed by atoms with Crippen LogP contribution in [0.5, 0.6) is 0 Å². The molecule has 116 valence electrons. The Morgan fingerprint density at radius 3 is 2.29 bits per heavy atom. The van der Waals surface area contributed by atoms with Gasteiger partial charge in [0.05, 0.1) is 13.2 Å². The second-order valence-corrected chi connectivity index (χ2v) is 7.38. The first kappa shape index (κ1) is 17.1. The standard InChI is InChI=1S/C13H14Cl4N2O2/c14-10-3-1-9(2-4-10)11(20)18-12(13(15,16)17)19-5-7-21-8-6-19/h1-4,12H,5-8H2,(H,18,20)/t12-/m1/s1. The van der Waals surface area contributed by atoms with Crippen LogP contribution >= 0.6 is 46.4 Å². The van der Waals surface area contributed by atoms with Crippen molar-refractivity contribution in [3.8, 4) is 0 Å². The van der Waals surface area contributed by atoms with Gasteiger partial charge in [-0.3, -0.25) is 9.69 Å². The van der Waals surface area contributed by atoms with Gasteiger partial charge in [0.2, 0.25) is 3.79 Å². The molecular formula is C13H14Cl4N2O2. The molecule has 1 heterocycles. The highest BCUT2D eigenvalue weighted by atomic mass is 35.6. The van der Waals surface area contributed by atoms with E-state index in [2.05, 4.69) is 5.32 Å². The van der Waals surface area contributed by atoms with Crippen LogP contribution in [-0.4, -0.2) is 47.1 Å². The van der Waals surface area contributed by atoms with E-state index in [0.717, 1.165) is 0 Å². The van der Waals surface area contributed by atoms with Crippen molar-refractivity contribution < 1.29 is 9.53 Å². The Labute approximate surface area is 143 Å². The van der Waals surface area contributed by atoms with Crippen LogP contribution in [0.3, 0.4) is 0 Å². The van der Waals surface area contributed by atoms with E-state index < -0.39 is 9.96 Å². The molecule has 1 aromatic rings. The van der Waals surface area contributed by atoms with E-state index in [0.29, 0.717) is 36.9 Å². The topological polar surface area (TPSA) is 41.6 Å². The number of halogens is 4. The van der Waals surface area contributed by atoms with E-state index in [4.69, 9.17) is 51.1 Å². The number of hydrogen-bond acceptors (Lipinski definition) is 3. The van der Waals surface area contributed by atoms with Gasteiger partial charge in [-0.2, -0.15) is 0 Å². The molecule has 0 aliphatic carbocycles. The number of morpholine rings is 1. The minimum Gasteiger partial charge on any atom is -0.379 e. The second-order valence-electron chi connectivity index (χ2n) is 4.57. The predicted octanol–water partition coefficient (Wildman–Crippen LogP) is 3.10. The van der Waals surface area contributed by atoms with Crippen LogP contribution < -0.4 is 5.32 Å². The molecular weight excluding hydrogens is 358 g/mol. The van der Waals surface area contributed by atoms with Gasteiger partial charge in [-0.05, 0) is 24.3 Å². The fraction of sp³-hybridized carbons (Fsp3) is 0.462. The van der Waals surface area contributed by atoms with E-state index in [9.17, 15) is 4.79 Å². The highest BCUT2D eigenvalue weighted by molar-refractivity contribution is 6.68. The maximum absolute atomic E-state index is 12.3. The van der Waals surface area contributed by atoms with E-state index in [1.165, 1.54) is 0 Å². The van der Waals surface area contributed by atoms with Crippen molar-refractivity contribution in [2.24, 2.45) is 0 Å². The average molecular weight is 372 g/mol. The number of nitrogens with zero attached hydrogens (tertiary/aromatic N) is 1. The van der Waals surface area contributed by atoms with Crippen molar-refractivity contribution in [3.63, 3.8) is 0 Å². The molecule has 0 saturated carbocycles. The maximum atomic E-state index is 12.3. The van der Waals surface area contributed by atoms with Gasteiger partial charge in [0.25, 0.3) is 5.91 Å². The number of carbonyl (C=O) groups is 1. The molecule has 1 aromatic carbocycles. The van der Waals surface area contributed by atoms with Gasteiger partial charge in [-0.15, -0.1) is 0 Å². The lowest BCUT2D eigenvalue weighted by Crippen LogP contribution is -2.58. The first-order valence-corrected chi connectivity index (χ1v) is 7.84. The lowest BCUT2D eigenvalue weighted by Gasteiger charge is -2.38. The van der Waals surface area contributed by atoms with Crippen LogP contribution in [0.2, 0.25) is 5.02 Å². The van der Waals surface area contributed by atoms with E-state index in [-0.39, 0.29) is 5.91 Å². The summed E-state index contributed by atoms with van der Waals surface area (Å²) in [4.78, 5) is 14.1. The number of hydrogen-bond donors (Lipinski definition) is 1. The number of amides is 1. The molecule has 8 heteroatoms. The van der Waals surface area contributed by atoms with Crippen LogP contribution in [0, 0.1) is 0 Å². The van der Waals surface area contributed by atoms with Crippen molar-refractivity contribution in [2.75, 3.05) is 26.3 Å². The van der Waals surface area contributed by atoms with Crippen molar-refractivity contribution in [2.45, 2.75) is 9.96 Å². The molecule has 1 atom stereocenters. The third-order valence-electron chi connectivity index (χ3n) is 3.10. The van der Waals surface area contributed by atoms with Crippen molar-refractivity contribution in [1.29, 1.82) is 0 Å². The van der Waals surface area contributed by atoms with E-state index >= 15 is 0 Å². The number of benzene rings is 1. The smallest absolute Gasteiger partial charge is 0.252 e. The molecule has 4 nitrogen and oxygen atoms in total. The molecule has 2 rings (SSSR count).